The van der Waals surface area contributed by atoms with Gasteiger partial charge in [0.1, 0.15) is 12.3 Å². The van der Waals surface area contributed by atoms with Crippen molar-refractivity contribution < 1.29 is 14.2 Å². The summed E-state index contributed by atoms with van der Waals surface area (Å²) in [5, 5.41) is 9.80. The zero-order chi connectivity index (χ0) is 13.5. The van der Waals surface area contributed by atoms with Crippen LogP contribution in [-0.4, -0.2) is 31.0 Å². The third kappa shape index (κ3) is 2.12. The van der Waals surface area contributed by atoms with Crippen LogP contribution in [0.5, 0.6) is 0 Å². The molecule has 0 spiro atoms. The van der Waals surface area contributed by atoms with Gasteiger partial charge in [-0.25, -0.2) is 9.18 Å². The smallest absolute Gasteiger partial charge is 0.330 e. The van der Waals surface area contributed by atoms with Gasteiger partial charge in [0.25, 0.3) is 5.56 Å². The Kier molecular flexibility index (Phi) is 3.60. The summed E-state index contributed by atoms with van der Waals surface area (Å²) in [5.41, 5.74) is -1.23. The summed E-state index contributed by atoms with van der Waals surface area (Å²) in [4.78, 5) is 24.6. The van der Waals surface area contributed by atoms with Gasteiger partial charge in [-0.3, -0.25) is 14.3 Å². The molecule has 18 heavy (non-hydrogen) atoms. The van der Waals surface area contributed by atoms with E-state index in [0.717, 1.165) is 10.6 Å². The zero-order valence-electron chi connectivity index (χ0n) is 9.47. The van der Waals surface area contributed by atoms with Gasteiger partial charge in [0, 0.05) is 18.2 Å². The fraction of sp³-hybridized carbons (Fsp3) is 0.600. The fourth-order valence-electron chi connectivity index (χ4n) is 1.97. The molecular formula is C10H12FIN2O4. The molecule has 0 bridgehead atoms. The number of hydrogen-bond donors (Lipinski definition) is 2. The maximum atomic E-state index is 14.2. The van der Waals surface area contributed by atoms with Crippen LogP contribution in [0.15, 0.2) is 21.9 Å². The normalized spacial score (nSPS) is 35.9. The van der Waals surface area contributed by atoms with E-state index in [1.54, 1.807) is 29.5 Å². The predicted octanol–water partition coefficient (Wildman–Crippen LogP) is 0.163. The highest BCUT2D eigenvalue weighted by molar-refractivity contribution is 14.1. The van der Waals surface area contributed by atoms with Crippen molar-refractivity contribution in [2.24, 2.45) is 5.92 Å². The van der Waals surface area contributed by atoms with Gasteiger partial charge in [0.15, 0.2) is 0 Å². The molecule has 2 rings (SSSR count). The maximum Gasteiger partial charge on any atom is 0.330 e. The highest BCUT2D eigenvalue weighted by Gasteiger charge is 2.53. The van der Waals surface area contributed by atoms with E-state index in [-0.39, 0.29) is 4.43 Å². The Bertz CT molecular complexity index is 559. The molecule has 1 aromatic rings. The molecule has 100 valence electrons. The Morgan fingerprint density at radius 3 is 2.83 bits per heavy atom. The van der Waals surface area contributed by atoms with E-state index < -0.39 is 35.4 Å². The number of rotatable bonds is 2. The van der Waals surface area contributed by atoms with Crippen molar-refractivity contribution in [3.63, 3.8) is 0 Å². The molecule has 0 aliphatic carbocycles. The number of alkyl halides is 2. The van der Waals surface area contributed by atoms with E-state index in [1.807, 2.05) is 0 Å². The van der Waals surface area contributed by atoms with Gasteiger partial charge in [-0.1, -0.05) is 29.5 Å². The molecule has 1 saturated heterocycles. The molecule has 8 heteroatoms. The highest BCUT2D eigenvalue weighted by Crippen LogP contribution is 2.42. The van der Waals surface area contributed by atoms with Crippen molar-refractivity contribution >= 4 is 22.6 Å². The third-order valence-corrected chi connectivity index (χ3v) is 4.05. The topological polar surface area (TPSA) is 84.3 Å². The summed E-state index contributed by atoms with van der Waals surface area (Å²) in [6.45, 7) is 1.58. The summed E-state index contributed by atoms with van der Waals surface area (Å²) < 4.78 is 20.3. The number of H-pyrrole nitrogens is 1. The van der Waals surface area contributed by atoms with Crippen molar-refractivity contribution in [1.82, 2.24) is 9.55 Å². The summed E-state index contributed by atoms with van der Waals surface area (Å²) in [6.07, 6.45) is -1.03. The van der Waals surface area contributed by atoms with Crippen LogP contribution in [0.1, 0.15) is 13.2 Å². The average molecular weight is 370 g/mol. The van der Waals surface area contributed by atoms with Crippen molar-refractivity contribution in [3.05, 3.63) is 33.1 Å². The Labute approximate surface area is 115 Å². The minimum atomic E-state index is -2.18. The lowest BCUT2D eigenvalue weighted by molar-refractivity contribution is -0.169. The lowest BCUT2D eigenvalue weighted by Gasteiger charge is -2.20. The Morgan fingerprint density at radius 2 is 2.33 bits per heavy atom. The largest absolute Gasteiger partial charge is 0.387 e. The average Bonchev–Trinajstić information content (AvgIpc) is 2.55. The van der Waals surface area contributed by atoms with E-state index in [4.69, 9.17) is 4.74 Å². The number of aliphatic hydroxyl groups excluding tert-OH is 1. The summed E-state index contributed by atoms with van der Waals surface area (Å²) in [7, 11) is 0. The Balaban J connectivity index is 2.41. The van der Waals surface area contributed by atoms with Gasteiger partial charge in [0.2, 0.25) is 5.85 Å². The lowest BCUT2D eigenvalue weighted by Crippen LogP contribution is -2.37. The highest BCUT2D eigenvalue weighted by atomic mass is 127. The van der Waals surface area contributed by atoms with Crippen molar-refractivity contribution in [3.8, 4) is 0 Å². The van der Waals surface area contributed by atoms with Crippen molar-refractivity contribution in [1.29, 1.82) is 0 Å². The molecule has 1 aliphatic rings. The number of hydrogen-bond acceptors (Lipinski definition) is 4. The van der Waals surface area contributed by atoms with E-state index in [0.29, 0.717) is 0 Å². The molecular weight excluding hydrogens is 358 g/mol. The molecule has 2 N–H and O–H groups in total. The number of halogens is 2. The maximum absolute atomic E-state index is 14.2. The van der Waals surface area contributed by atoms with Gasteiger partial charge in [-0.05, 0) is 0 Å². The minimum Gasteiger partial charge on any atom is -0.387 e. The molecule has 0 radical (unpaired) electrons. The molecule has 0 unspecified atom stereocenters. The summed E-state index contributed by atoms with van der Waals surface area (Å²) in [5.74, 6) is -2.78. The quantitative estimate of drug-likeness (QED) is 0.574. The molecule has 1 fully saturated rings. The first-order valence-corrected chi connectivity index (χ1v) is 6.84. The van der Waals surface area contributed by atoms with Crippen LogP contribution in [0.2, 0.25) is 0 Å². The number of aromatic nitrogens is 2. The van der Waals surface area contributed by atoms with E-state index >= 15 is 0 Å². The minimum absolute atomic E-state index is 0.0507. The summed E-state index contributed by atoms with van der Waals surface area (Å²) >= 11 is 1.77. The number of nitrogens with zero attached hydrogens (tertiary/aromatic N) is 1. The van der Waals surface area contributed by atoms with Crippen molar-refractivity contribution in [2.45, 2.75) is 25.1 Å². The first-order chi connectivity index (χ1) is 8.39. The van der Waals surface area contributed by atoms with Crippen LogP contribution in [0, 0.1) is 5.92 Å². The number of aliphatic hydroxyl groups is 1. The Hall–Kier alpha value is -0.740. The number of nitrogens with one attached hydrogen (secondary N) is 1. The van der Waals surface area contributed by atoms with Crippen LogP contribution in [0.25, 0.3) is 0 Å². The first-order valence-electron chi connectivity index (χ1n) is 5.31. The molecule has 1 aliphatic heterocycles. The van der Waals surface area contributed by atoms with Gasteiger partial charge in [-0.2, -0.15) is 0 Å². The van der Waals surface area contributed by atoms with Crippen LogP contribution < -0.4 is 11.2 Å². The standard InChI is InChI=1S/C10H12FIN2O4/c1-5-7(16)10(11,4-12)18-8(5)14-3-2-6(15)13-9(14)17/h2-3,5,7-8,16H,4H2,1H3,(H,13,15,17)/t5-,7-,8+,10+/m0/s1. The second-order valence-corrected chi connectivity index (χ2v) is 5.01. The van der Waals surface area contributed by atoms with Gasteiger partial charge < -0.3 is 9.84 Å². The van der Waals surface area contributed by atoms with Crippen LogP contribution in [0.4, 0.5) is 4.39 Å². The van der Waals surface area contributed by atoms with Crippen LogP contribution >= 0.6 is 22.6 Å². The second kappa shape index (κ2) is 4.74. The monoisotopic (exact) mass is 370 g/mol. The van der Waals surface area contributed by atoms with E-state index in [2.05, 4.69) is 4.98 Å². The molecule has 1 aromatic heterocycles. The SMILES string of the molecule is C[C@@H]1[C@H](n2ccc(=O)[nH]c2=O)O[C@](F)(CI)[C@H]1O. The van der Waals surface area contributed by atoms with Gasteiger partial charge in [-0.15, -0.1) is 0 Å². The van der Waals surface area contributed by atoms with Gasteiger partial charge >= 0.3 is 5.69 Å². The first kappa shape index (κ1) is 13.7. The third-order valence-electron chi connectivity index (χ3n) is 3.01. The summed E-state index contributed by atoms with van der Waals surface area (Å²) in [6, 6.07) is 1.14. The second-order valence-electron chi connectivity index (χ2n) is 4.25. The number of ether oxygens (including phenoxy) is 1. The molecule has 0 aromatic carbocycles. The molecule has 0 amide bonds. The number of aromatic amines is 1. The van der Waals surface area contributed by atoms with Gasteiger partial charge in [0.05, 0.1) is 4.43 Å². The zero-order valence-corrected chi connectivity index (χ0v) is 11.6. The van der Waals surface area contributed by atoms with Crippen LogP contribution in [-0.2, 0) is 4.74 Å². The predicted molar refractivity (Wildman–Crippen MR) is 69.3 cm³/mol. The van der Waals surface area contributed by atoms with E-state index in [9.17, 15) is 19.1 Å². The molecule has 4 atom stereocenters. The van der Waals surface area contributed by atoms with Crippen LogP contribution in [0.3, 0.4) is 0 Å². The van der Waals surface area contributed by atoms with Crippen molar-refractivity contribution in [2.75, 3.05) is 4.43 Å². The van der Waals surface area contributed by atoms with E-state index in [1.165, 1.54) is 6.20 Å². The molecule has 0 saturated carbocycles. The lowest BCUT2D eigenvalue weighted by atomic mass is 10.0. The molecule has 2 heterocycles. The Morgan fingerprint density at radius 1 is 1.67 bits per heavy atom. The fourth-order valence-corrected chi connectivity index (χ4v) is 2.61. The molecule has 6 nitrogen and oxygen atoms in total.